The molecule has 0 aliphatic heterocycles. The van der Waals surface area contributed by atoms with Crippen LogP contribution in [-0.4, -0.2) is 9.97 Å². The summed E-state index contributed by atoms with van der Waals surface area (Å²) < 4.78 is 0.335. The second-order valence-corrected chi connectivity index (χ2v) is 5.39. The largest absolute Gasteiger partial charge is 0.372 e. The number of aromatic amines is 2. The maximum absolute atomic E-state index is 11.8. The van der Waals surface area contributed by atoms with E-state index in [1.165, 1.54) is 0 Å². The van der Waals surface area contributed by atoms with Crippen molar-refractivity contribution in [2.24, 2.45) is 0 Å². The van der Waals surface area contributed by atoms with Crippen LogP contribution in [0.15, 0.2) is 39.9 Å². The van der Waals surface area contributed by atoms with Crippen LogP contribution >= 0.6 is 11.3 Å². The van der Waals surface area contributed by atoms with Gasteiger partial charge in [0.1, 0.15) is 21.3 Å². The molecule has 0 amide bonds. The molecule has 0 saturated heterocycles. The lowest BCUT2D eigenvalue weighted by molar-refractivity contribution is 1.09. The Morgan fingerprint density at radius 2 is 1.95 bits per heavy atom. The quantitative estimate of drug-likeness (QED) is 0.685. The van der Waals surface area contributed by atoms with Crippen molar-refractivity contribution in [3.63, 3.8) is 0 Å². The van der Waals surface area contributed by atoms with Gasteiger partial charge in [0.2, 0.25) is 0 Å². The fraction of sp³-hybridized carbons (Fsp3) is 0.0714. The summed E-state index contributed by atoms with van der Waals surface area (Å²) in [5, 5.41) is 13.0. The molecule has 1 aromatic carbocycles. The third-order valence-corrected chi connectivity index (χ3v) is 4.13. The van der Waals surface area contributed by atoms with Crippen molar-refractivity contribution >= 4 is 26.6 Å². The number of anilines is 1. The van der Waals surface area contributed by atoms with Crippen LogP contribution in [0.4, 0.5) is 5.00 Å². The number of rotatable bonds is 3. The molecule has 21 heavy (non-hydrogen) atoms. The summed E-state index contributed by atoms with van der Waals surface area (Å²) in [6, 6.07) is 11.7. The van der Waals surface area contributed by atoms with Crippen LogP contribution in [0.2, 0.25) is 0 Å². The van der Waals surface area contributed by atoms with E-state index in [1.54, 1.807) is 0 Å². The van der Waals surface area contributed by atoms with E-state index in [1.807, 2.05) is 36.4 Å². The molecule has 0 unspecified atom stereocenters. The predicted molar refractivity (Wildman–Crippen MR) is 81.6 cm³/mol. The van der Waals surface area contributed by atoms with Crippen LogP contribution in [0.5, 0.6) is 0 Å². The van der Waals surface area contributed by atoms with E-state index < -0.39 is 11.2 Å². The molecule has 0 aliphatic carbocycles. The van der Waals surface area contributed by atoms with Gasteiger partial charge in [-0.2, -0.15) is 5.26 Å². The van der Waals surface area contributed by atoms with Crippen molar-refractivity contribution in [3.8, 4) is 6.07 Å². The number of benzene rings is 1. The number of nitrogens with one attached hydrogen (secondary N) is 3. The molecule has 0 saturated carbocycles. The highest BCUT2D eigenvalue weighted by Crippen LogP contribution is 2.31. The third kappa shape index (κ3) is 2.44. The number of nitriles is 1. The normalized spacial score (nSPS) is 10.4. The monoisotopic (exact) mass is 298 g/mol. The molecule has 6 nitrogen and oxygen atoms in total. The Morgan fingerprint density at radius 1 is 1.19 bits per heavy atom. The van der Waals surface area contributed by atoms with Gasteiger partial charge in [-0.3, -0.25) is 9.78 Å². The van der Waals surface area contributed by atoms with E-state index >= 15 is 0 Å². The number of H-pyrrole nitrogens is 2. The molecule has 3 aromatic rings. The van der Waals surface area contributed by atoms with Gasteiger partial charge in [0, 0.05) is 6.54 Å². The van der Waals surface area contributed by atoms with Gasteiger partial charge < -0.3 is 10.3 Å². The summed E-state index contributed by atoms with van der Waals surface area (Å²) in [7, 11) is 0. The highest BCUT2D eigenvalue weighted by molar-refractivity contribution is 7.23. The molecule has 3 N–H and O–H groups in total. The van der Waals surface area contributed by atoms with Gasteiger partial charge in [-0.15, -0.1) is 11.3 Å². The zero-order valence-electron chi connectivity index (χ0n) is 10.8. The number of hydrogen-bond acceptors (Lipinski definition) is 5. The highest BCUT2D eigenvalue weighted by atomic mass is 32.1. The molecule has 0 fully saturated rings. The van der Waals surface area contributed by atoms with Gasteiger partial charge in [-0.25, -0.2) is 4.79 Å². The summed E-state index contributed by atoms with van der Waals surface area (Å²) in [6.45, 7) is 0.532. The van der Waals surface area contributed by atoms with Crippen molar-refractivity contribution in [1.82, 2.24) is 9.97 Å². The van der Waals surface area contributed by atoms with Crippen LogP contribution in [0.1, 0.15) is 11.1 Å². The minimum Gasteiger partial charge on any atom is -0.372 e. The second kappa shape index (κ2) is 5.26. The molecule has 0 bridgehead atoms. The summed E-state index contributed by atoms with van der Waals surface area (Å²) in [4.78, 5) is 27.7. The molecular weight excluding hydrogens is 288 g/mol. The minimum atomic E-state index is -0.614. The Kier molecular flexibility index (Phi) is 3.30. The van der Waals surface area contributed by atoms with Gasteiger partial charge in [0.05, 0.1) is 5.52 Å². The molecule has 0 aliphatic rings. The van der Waals surface area contributed by atoms with Crippen molar-refractivity contribution in [2.75, 3.05) is 5.32 Å². The van der Waals surface area contributed by atoms with Crippen LogP contribution in [0.3, 0.4) is 0 Å². The van der Waals surface area contributed by atoms with Crippen molar-refractivity contribution in [2.45, 2.75) is 6.54 Å². The molecule has 0 radical (unpaired) electrons. The van der Waals surface area contributed by atoms with Crippen LogP contribution in [0, 0.1) is 11.3 Å². The lowest BCUT2D eigenvalue weighted by Gasteiger charge is -2.03. The van der Waals surface area contributed by atoms with Crippen molar-refractivity contribution < 1.29 is 0 Å². The van der Waals surface area contributed by atoms with E-state index in [2.05, 4.69) is 15.3 Å². The molecule has 7 heteroatoms. The van der Waals surface area contributed by atoms with E-state index in [9.17, 15) is 14.9 Å². The number of nitrogens with zero attached hydrogens (tertiary/aromatic N) is 1. The van der Waals surface area contributed by atoms with E-state index in [0.717, 1.165) is 16.9 Å². The molecule has 0 atom stereocenters. The number of hydrogen-bond donors (Lipinski definition) is 3. The molecule has 104 valence electrons. The first-order chi connectivity index (χ1) is 10.2. The van der Waals surface area contributed by atoms with Crippen LogP contribution in [0.25, 0.3) is 10.2 Å². The lowest BCUT2D eigenvalue weighted by Crippen LogP contribution is -2.20. The Labute approximate surface area is 122 Å². The first kappa shape index (κ1) is 13.1. The zero-order chi connectivity index (χ0) is 14.8. The third-order valence-electron chi connectivity index (χ3n) is 2.99. The Morgan fingerprint density at radius 3 is 2.67 bits per heavy atom. The number of aromatic nitrogens is 2. The summed E-state index contributed by atoms with van der Waals surface area (Å²) in [6.07, 6.45) is 0. The summed E-state index contributed by atoms with van der Waals surface area (Å²) in [5.74, 6) is 0. The highest BCUT2D eigenvalue weighted by Gasteiger charge is 2.15. The maximum Gasteiger partial charge on any atom is 0.326 e. The van der Waals surface area contributed by atoms with E-state index in [-0.39, 0.29) is 11.1 Å². The number of thiophene rings is 1. The molecule has 0 spiro atoms. The van der Waals surface area contributed by atoms with E-state index in [4.69, 9.17) is 0 Å². The predicted octanol–water partition coefficient (Wildman–Crippen LogP) is 1.76. The van der Waals surface area contributed by atoms with Gasteiger partial charge in [0.25, 0.3) is 5.56 Å². The van der Waals surface area contributed by atoms with Crippen LogP contribution < -0.4 is 16.6 Å². The van der Waals surface area contributed by atoms with Gasteiger partial charge in [0.15, 0.2) is 0 Å². The fourth-order valence-corrected chi connectivity index (χ4v) is 3.02. The maximum atomic E-state index is 11.8. The summed E-state index contributed by atoms with van der Waals surface area (Å²) >= 11 is 1.16. The van der Waals surface area contributed by atoms with Crippen LogP contribution in [-0.2, 0) is 6.54 Å². The van der Waals surface area contributed by atoms with Gasteiger partial charge >= 0.3 is 5.69 Å². The summed E-state index contributed by atoms with van der Waals surface area (Å²) in [5.41, 5.74) is 0.529. The first-order valence-electron chi connectivity index (χ1n) is 6.16. The van der Waals surface area contributed by atoms with Gasteiger partial charge in [-0.1, -0.05) is 30.3 Å². The minimum absolute atomic E-state index is 0.284. The van der Waals surface area contributed by atoms with Gasteiger partial charge in [-0.05, 0) is 5.56 Å². The SMILES string of the molecule is N#Cc1c(NCc2ccccc2)sc2c(=O)[nH]c(=O)[nH]c12. The molecule has 2 aromatic heterocycles. The standard InChI is InChI=1S/C14H10N4O2S/c15-6-9-10-11(12(19)18-14(20)17-10)21-13(9)16-7-8-4-2-1-3-5-8/h1-5,16H,7H2,(H2,17,18,19,20). The van der Waals surface area contributed by atoms with E-state index in [0.29, 0.717) is 16.2 Å². The number of fused-ring (bicyclic) bond motifs is 1. The van der Waals surface area contributed by atoms with Crippen molar-refractivity contribution in [1.29, 1.82) is 5.26 Å². The average molecular weight is 298 g/mol. The average Bonchev–Trinajstić information content (AvgIpc) is 2.84. The Bertz CT molecular complexity index is 947. The Hall–Kier alpha value is -2.85. The first-order valence-corrected chi connectivity index (χ1v) is 6.97. The second-order valence-electron chi connectivity index (χ2n) is 4.37. The fourth-order valence-electron chi connectivity index (χ4n) is 2.02. The zero-order valence-corrected chi connectivity index (χ0v) is 11.6. The topological polar surface area (TPSA) is 102 Å². The Balaban J connectivity index is 2.03. The molecular formula is C14H10N4O2S. The lowest BCUT2D eigenvalue weighted by atomic mass is 10.2. The molecule has 3 rings (SSSR count). The van der Waals surface area contributed by atoms with Crippen molar-refractivity contribution in [3.05, 3.63) is 62.3 Å². The molecule has 2 heterocycles. The smallest absolute Gasteiger partial charge is 0.326 e.